The molecule has 0 unspecified atom stereocenters. The van der Waals surface area contributed by atoms with Crippen LogP contribution in [0.25, 0.3) is 16.9 Å². The van der Waals surface area contributed by atoms with E-state index in [0.717, 1.165) is 28.8 Å². The molecule has 0 saturated heterocycles. The van der Waals surface area contributed by atoms with Gasteiger partial charge in [0.25, 0.3) is 0 Å². The SMILES string of the molecule is Cc1cn(C)nc1-c1cc2cc(C=O)ccn2n1. The molecule has 5 heteroatoms. The number of nitrogens with zero attached hydrogens (tertiary/aromatic N) is 4. The molecule has 0 amide bonds. The third-order valence-electron chi connectivity index (χ3n) is 2.88. The molecular formula is C13H12N4O. The number of aromatic nitrogens is 4. The Bertz CT molecular complexity index is 739. The van der Waals surface area contributed by atoms with Crippen molar-refractivity contribution in [2.24, 2.45) is 7.05 Å². The highest BCUT2D eigenvalue weighted by Crippen LogP contribution is 2.21. The zero-order valence-corrected chi connectivity index (χ0v) is 10.2. The van der Waals surface area contributed by atoms with E-state index in [9.17, 15) is 4.79 Å². The van der Waals surface area contributed by atoms with Crippen molar-refractivity contribution in [1.29, 1.82) is 0 Å². The van der Waals surface area contributed by atoms with E-state index in [1.807, 2.05) is 32.3 Å². The van der Waals surface area contributed by atoms with E-state index < -0.39 is 0 Å². The van der Waals surface area contributed by atoms with Crippen LogP contribution in [-0.4, -0.2) is 25.7 Å². The van der Waals surface area contributed by atoms with E-state index in [1.165, 1.54) is 0 Å². The van der Waals surface area contributed by atoms with Crippen LogP contribution in [0, 0.1) is 6.92 Å². The van der Waals surface area contributed by atoms with Crippen LogP contribution in [0.4, 0.5) is 0 Å². The fraction of sp³-hybridized carbons (Fsp3) is 0.154. The second-order valence-corrected chi connectivity index (χ2v) is 4.31. The molecule has 90 valence electrons. The van der Waals surface area contributed by atoms with E-state index in [0.29, 0.717) is 5.56 Å². The van der Waals surface area contributed by atoms with Crippen molar-refractivity contribution in [1.82, 2.24) is 19.4 Å². The number of carbonyl (C=O) groups excluding carboxylic acids is 1. The summed E-state index contributed by atoms with van der Waals surface area (Å²) < 4.78 is 3.52. The zero-order valence-electron chi connectivity index (χ0n) is 10.2. The van der Waals surface area contributed by atoms with Crippen LogP contribution < -0.4 is 0 Å². The Labute approximate surface area is 104 Å². The first kappa shape index (κ1) is 10.7. The molecule has 0 spiro atoms. The molecule has 0 atom stereocenters. The van der Waals surface area contributed by atoms with Crippen molar-refractivity contribution in [3.8, 4) is 11.4 Å². The third kappa shape index (κ3) is 1.60. The minimum Gasteiger partial charge on any atom is -0.298 e. The number of carbonyl (C=O) groups is 1. The van der Waals surface area contributed by atoms with Crippen LogP contribution in [0.2, 0.25) is 0 Å². The zero-order chi connectivity index (χ0) is 12.7. The quantitative estimate of drug-likeness (QED) is 0.642. The average molecular weight is 240 g/mol. The van der Waals surface area contributed by atoms with Gasteiger partial charge in [0.1, 0.15) is 17.7 Å². The Morgan fingerprint density at radius 3 is 2.78 bits per heavy atom. The smallest absolute Gasteiger partial charge is 0.150 e. The van der Waals surface area contributed by atoms with Crippen LogP contribution in [0.15, 0.2) is 30.6 Å². The van der Waals surface area contributed by atoms with E-state index >= 15 is 0 Å². The highest BCUT2D eigenvalue weighted by Gasteiger charge is 2.10. The van der Waals surface area contributed by atoms with Gasteiger partial charge in [0.15, 0.2) is 0 Å². The first-order chi connectivity index (χ1) is 8.67. The Morgan fingerprint density at radius 1 is 1.28 bits per heavy atom. The fourth-order valence-electron chi connectivity index (χ4n) is 2.06. The molecule has 0 aliphatic heterocycles. The summed E-state index contributed by atoms with van der Waals surface area (Å²) in [7, 11) is 1.89. The normalized spacial score (nSPS) is 11.0. The summed E-state index contributed by atoms with van der Waals surface area (Å²) in [4.78, 5) is 10.7. The Morgan fingerprint density at radius 2 is 2.11 bits per heavy atom. The maximum absolute atomic E-state index is 10.7. The van der Waals surface area contributed by atoms with Gasteiger partial charge in [-0.1, -0.05) is 0 Å². The number of rotatable bonds is 2. The molecule has 0 aliphatic carbocycles. The molecule has 3 rings (SSSR count). The van der Waals surface area contributed by atoms with Gasteiger partial charge >= 0.3 is 0 Å². The second kappa shape index (κ2) is 3.80. The molecule has 3 heterocycles. The summed E-state index contributed by atoms with van der Waals surface area (Å²) in [5, 5.41) is 8.85. The molecule has 0 aliphatic rings. The van der Waals surface area contributed by atoms with Gasteiger partial charge in [-0.2, -0.15) is 10.2 Å². The standard InChI is InChI=1S/C13H12N4O/c1-9-7-16(2)15-13(9)12-6-11-5-10(8-18)3-4-17(11)14-12/h3-8H,1-2H3. The molecule has 3 aromatic rings. The summed E-state index contributed by atoms with van der Waals surface area (Å²) >= 11 is 0. The molecule has 0 aromatic carbocycles. The fourth-order valence-corrected chi connectivity index (χ4v) is 2.06. The summed E-state index contributed by atoms with van der Waals surface area (Å²) in [6.45, 7) is 2.00. The molecule has 0 saturated carbocycles. The maximum atomic E-state index is 10.7. The van der Waals surface area contributed by atoms with E-state index in [-0.39, 0.29) is 0 Å². The Kier molecular flexibility index (Phi) is 2.26. The largest absolute Gasteiger partial charge is 0.298 e. The first-order valence-electron chi connectivity index (χ1n) is 5.62. The molecule has 0 fully saturated rings. The van der Waals surface area contributed by atoms with Crippen LogP contribution >= 0.6 is 0 Å². The van der Waals surface area contributed by atoms with Gasteiger partial charge in [0, 0.05) is 25.0 Å². The number of hydrogen-bond acceptors (Lipinski definition) is 3. The van der Waals surface area contributed by atoms with Gasteiger partial charge < -0.3 is 0 Å². The average Bonchev–Trinajstić information content (AvgIpc) is 2.90. The highest BCUT2D eigenvalue weighted by atomic mass is 16.1. The Hall–Kier alpha value is -2.43. The van der Waals surface area contributed by atoms with Gasteiger partial charge in [0.05, 0.1) is 5.52 Å². The first-order valence-corrected chi connectivity index (χ1v) is 5.62. The third-order valence-corrected chi connectivity index (χ3v) is 2.88. The maximum Gasteiger partial charge on any atom is 0.150 e. The molecule has 0 N–H and O–H groups in total. The minimum atomic E-state index is 0.645. The molecule has 0 radical (unpaired) electrons. The predicted molar refractivity (Wildman–Crippen MR) is 67.5 cm³/mol. The monoisotopic (exact) mass is 240 g/mol. The van der Waals surface area contributed by atoms with Gasteiger partial charge in [-0.3, -0.25) is 9.48 Å². The number of aldehydes is 1. The lowest BCUT2D eigenvalue weighted by molar-refractivity contribution is 0.112. The van der Waals surface area contributed by atoms with Crippen LogP contribution in [0.1, 0.15) is 15.9 Å². The van der Waals surface area contributed by atoms with Crippen molar-refractivity contribution < 1.29 is 4.79 Å². The van der Waals surface area contributed by atoms with E-state index in [2.05, 4.69) is 10.2 Å². The van der Waals surface area contributed by atoms with Gasteiger partial charge in [-0.05, 0) is 30.7 Å². The van der Waals surface area contributed by atoms with Crippen molar-refractivity contribution in [3.63, 3.8) is 0 Å². The molecular weight excluding hydrogens is 228 g/mol. The molecule has 18 heavy (non-hydrogen) atoms. The number of hydrogen-bond donors (Lipinski definition) is 0. The van der Waals surface area contributed by atoms with Crippen molar-refractivity contribution in [2.45, 2.75) is 6.92 Å². The van der Waals surface area contributed by atoms with E-state index in [4.69, 9.17) is 0 Å². The van der Waals surface area contributed by atoms with Crippen molar-refractivity contribution in [2.75, 3.05) is 0 Å². The lowest BCUT2D eigenvalue weighted by Crippen LogP contribution is -1.90. The van der Waals surface area contributed by atoms with Crippen LogP contribution in [0.5, 0.6) is 0 Å². The molecule has 0 bridgehead atoms. The topological polar surface area (TPSA) is 52.2 Å². The van der Waals surface area contributed by atoms with Crippen molar-refractivity contribution >= 4 is 11.8 Å². The second-order valence-electron chi connectivity index (χ2n) is 4.31. The Balaban J connectivity index is 2.18. The lowest BCUT2D eigenvalue weighted by atomic mass is 10.2. The lowest BCUT2D eigenvalue weighted by Gasteiger charge is -1.92. The molecule has 3 aromatic heterocycles. The van der Waals surface area contributed by atoms with Crippen LogP contribution in [0.3, 0.4) is 0 Å². The minimum absolute atomic E-state index is 0.645. The summed E-state index contributed by atoms with van der Waals surface area (Å²) in [6.07, 6.45) is 4.57. The number of aryl methyl sites for hydroxylation is 2. The summed E-state index contributed by atoms with van der Waals surface area (Å²) in [6, 6.07) is 5.48. The highest BCUT2D eigenvalue weighted by molar-refractivity contribution is 5.78. The predicted octanol–water partition coefficient (Wildman–Crippen LogP) is 1.86. The molecule has 5 nitrogen and oxygen atoms in total. The van der Waals surface area contributed by atoms with Gasteiger partial charge in [-0.25, -0.2) is 4.52 Å². The van der Waals surface area contributed by atoms with Gasteiger partial charge in [-0.15, -0.1) is 0 Å². The summed E-state index contributed by atoms with van der Waals surface area (Å²) in [5.41, 5.74) is 4.30. The summed E-state index contributed by atoms with van der Waals surface area (Å²) in [5.74, 6) is 0. The number of pyridine rings is 1. The van der Waals surface area contributed by atoms with Crippen LogP contribution in [-0.2, 0) is 7.05 Å². The number of fused-ring (bicyclic) bond motifs is 1. The van der Waals surface area contributed by atoms with Gasteiger partial charge in [0.2, 0.25) is 0 Å². The van der Waals surface area contributed by atoms with E-state index in [1.54, 1.807) is 21.5 Å². The van der Waals surface area contributed by atoms with Crippen molar-refractivity contribution in [3.05, 3.63) is 41.7 Å².